The molecule has 1 aliphatic heterocycles. The molecule has 4 rings (SSSR count). The van der Waals surface area contributed by atoms with Crippen LogP contribution in [0.1, 0.15) is 36.8 Å². The highest BCUT2D eigenvalue weighted by Crippen LogP contribution is 2.61. The Bertz CT molecular complexity index is 917. The molecule has 3 atom stereocenters. The summed E-state index contributed by atoms with van der Waals surface area (Å²) in [6, 6.07) is 8.45. The van der Waals surface area contributed by atoms with Crippen LogP contribution in [0, 0.1) is 11.8 Å². The molecule has 1 aromatic rings. The Morgan fingerprint density at radius 1 is 1.23 bits per heavy atom. The van der Waals surface area contributed by atoms with Gasteiger partial charge in [0.2, 0.25) is 0 Å². The van der Waals surface area contributed by atoms with E-state index in [4.69, 9.17) is 4.99 Å². The molecule has 2 N–H and O–H groups in total. The molecule has 11 heteroatoms. The van der Waals surface area contributed by atoms with Gasteiger partial charge in [0.1, 0.15) is 0 Å². The zero-order valence-electron chi connectivity index (χ0n) is 17.2. The minimum Gasteiger partial charge on any atom is -0.357 e. The van der Waals surface area contributed by atoms with Crippen molar-refractivity contribution in [1.29, 1.82) is 0 Å². The summed E-state index contributed by atoms with van der Waals surface area (Å²) in [5.74, 6) is 2.43. The van der Waals surface area contributed by atoms with Crippen LogP contribution in [0.4, 0.5) is 13.2 Å². The number of fused-ring (bicyclic) bond motifs is 3. The van der Waals surface area contributed by atoms with Crippen molar-refractivity contribution in [2.45, 2.75) is 43.7 Å². The van der Waals surface area contributed by atoms with Gasteiger partial charge in [-0.05, 0) is 55.1 Å². The molecule has 0 amide bonds. The lowest BCUT2D eigenvalue weighted by molar-refractivity contribution is -0.0494. The van der Waals surface area contributed by atoms with Gasteiger partial charge >= 0.3 is 15.5 Å². The molecular weight excluding hydrogens is 544 g/mol. The molecular formula is C20H28F3IN4O2S. The highest BCUT2D eigenvalue weighted by atomic mass is 127. The highest BCUT2D eigenvalue weighted by molar-refractivity contribution is 14.0. The van der Waals surface area contributed by atoms with E-state index >= 15 is 0 Å². The molecule has 0 radical (unpaired) electrons. The van der Waals surface area contributed by atoms with Gasteiger partial charge in [-0.1, -0.05) is 24.3 Å². The lowest BCUT2D eigenvalue weighted by atomic mass is 10.0. The predicted molar refractivity (Wildman–Crippen MR) is 124 cm³/mol. The standard InChI is InChI=1S/C20H27F3N4O2S.HI/c1-2-24-19(25-12-17-16-11-13-5-3-4-6-15(13)18(16)17)26-14-7-9-27(10-8-14)30(28,29)20(21,22)23;/h3-6,14,16-18H,2,7-12H2,1H3,(H2,24,25,26);1H. The lowest BCUT2D eigenvalue weighted by Crippen LogP contribution is -2.51. The molecule has 1 heterocycles. The first-order chi connectivity index (χ1) is 14.2. The number of nitrogens with zero attached hydrogens (tertiary/aromatic N) is 2. The quantitative estimate of drug-likeness (QED) is 0.324. The molecule has 0 aromatic heterocycles. The van der Waals surface area contributed by atoms with Gasteiger partial charge in [0.15, 0.2) is 5.96 Å². The van der Waals surface area contributed by atoms with Crippen LogP contribution in [0.2, 0.25) is 0 Å². The van der Waals surface area contributed by atoms with Crippen molar-refractivity contribution in [2.24, 2.45) is 16.8 Å². The number of guanidine groups is 1. The van der Waals surface area contributed by atoms with E-state index in [1.54, 1.807) is 0 Å². The van der Waals surface area contributed by atoms with E-state index in [1.807, 2.05) is 6.92 Å². The topological polar surface area (TPSA) is 73.8 Å². The first-order valence-corrected chi connectivity index (χ1v) is 11.9. The van der Waals surface area contributed by atoms with Gasteiger partial charge in [-0.15, -0.1) is 24.0 Å². The molecule has 2 aliphatic carbocycles. The van der Waals surface area contributed by atoms with Gasteiger partial charge in [-0.25, -0.2) is 8.42 Å². The van der Waals surface area contributed by atoms with Gasteiger partial charge in [-0.2, -0.15) is 17.5 Å². The summed E-state index contributed by atoms with van der Waals surface area (Å²) in [7, 11) is -5.25. The van der Waals surface area contributed by atoms with Gasteiger partial charge in [0.25, 0.3) is 0 Å². The first kappa shape index (κ1) is 24.6. The van der Waals surface area contributed by atoms with Crippen LogP contribution in [0.3, 0.4) is 0 Å². The Hall–Kier alpha value is -1.08. The largest absolute Gasteiger partial charge is 0.511 e. The molecule has 0 spiro atoms. The van der Waals surface area contributed by atoms with Crippen LogP contribution in [-0.4, -0.2) is 56.4 Å². The van der Waals surface area contributed by atoms with E-state index in [-0.39, 0.29) is 43.1 Å². The summed E-state index contributed by atoms with van der Waals surface area (Å²) in [5.41, 5.74) is -2.36. The number of benzene rings is 1. The third-order valence-corrected chi connectivity index (χ3v) is 8.06. The second-order valence-electron chi connectivity index (χ2n) is 8.24. The summed E-state index contributed by atoms with van der Waals surface area (Å²) in [4.78, 5) is 4.71. The van der Waals surface area contributed by atoms with E-state index in [0.717, 1.165) is 6.42 Å². The summed E-state index contributed by atoms with van der Waals surface area (Å²) in [5, 5.41) is 6.46. The van der Waals surface area contributed by atoms with Crippen molar-refractivity contribution in [2.75, 3.05) is 26.2 Å². The molecule has 3 unspecified atom stereocenters. The number of aliphatic imine (C=N–C) groups is 1. The lowest BCUT2D eigenvalue weighted by Gasteiger charge is -2.32. The van der Waals surface area contributed by atoms with E-state index in [0.29, 0.717) is 53.9 Å². The van der Waals surface area contributed by atoms with Crippen LogP contribution < -0.4 is 10.6 Å². The number of sulfonamides is 1. The van der Waals surface area contributed by atoms with Gasteiger partial charge in [0, 0.05) is 32.2 Å². The highest BCUT2D eigenvalue weighted by Gasteiger charge is 2.55. The molecule has 1 aromatic carbocycles. The number of alkyl halides is 3. The Kier molecular flexibility index (Phi) is 7.46. The Labute approximate surface area is 198 Å². The maximum atomic E-state index is 12.7. The average Bonchev–Trinajstić information content (AvgIpc) is 3.23. The number of piperidine rings is 1. The molecule has 174 valence electrons. The number of nitrogens with one attached hydrogen (secondary N) is 2. The zero-order chi connectivity index (χ0) is 21.5. The van der Waals surface area contributed by atoms with E-state index < -0.39 is 15.5 Å². The molecule has 1 saturated heterocycles. The van der Waals surface area contributed by atoms with Gasteiger partial charge in [-0.3, -0.25) is 4.99 Å². The first-order valence-electron chi connectivity index (χ1n) is 10.4. The van der Waals surface area contributed by atoms with E-state index in [1.165, 1.54) is 11.1 Å². The summed E-state index contributed by atoms with van der Waals surface area (Å²) < 4.78 is 61.8. The SMILES string of the molecule is CCNC(=NCC1C2Cc3ccccc3C12)NC1CCN(S(=O)(=O)C(F)(F)F)CC1.I. The maximum Gasteiger partial charge on any atom is 0.511 e. The minimum absolute atomic E-state index is 0. The van der Waals surface area contributed by atoms with Crippen molar-refractivity contribution in [1.82, 2.24) is 14.9 Å². The van der Waals surface area contributed by atoms with Crippen LogP contribution in [0.25, 0.3) is 0 Å². The predicted octanol–water partition coefficient (Wildman–Crippen LogP) is 3.06. The van der Waals surface area contributed by atoms with Gasteiger partial charge in [0.05, 0.1) is 0 Å². The monoisotopic (exact) mass is 572 g/mol. The van der Waals surface area contributed by atoms with Crippen LogP contribution in [-0.2, 0) is 16.4 Å². The number of halogens is 4. The normalized spacial score (nSPS) is 26.6. The molecule has 3 aliphatic rings. The van der Waals surface area contributed by atoms with Crippen molar-refractivity contribution in [3.63, 3.8) is 0 Å². The third-order valence-electron chi connectivity index (χ3n) is 6.43. The van der Waals surface area contributed by atoms with E-state index in [2.05, 4.69) is 34.9 Å². The smallest absolute Gasteiger partial charge is 0.357 e. The van der Waals surface area contributed by atoms with Crippen molar-refractivity contribution in [3.05, 3.63) is 35.4 Å². The molecule has 1 saturated carbocycles. The summed E-state index contributed by atoms with van der Waals surface area (Å²) in [6.07, 6.45) is 1.72. The van der Waals surface area contributed by atoms with Crippen molar-refractivity contribution >= 4 is 40.0 Å². The van der Waals surface area contributed by atoms with Crippen molar-refractivity contribution < 1.29 is 21.6 Å². The van der Waals surface area contributed by atoms with Gasteiger partial charge < -0.3 is 10.6 Å². The average molecular weight is 572 g/mol. The minimum atomic E-state index is -5.25. The molecule has 6 nitrogen and oxygen atoms in total. The second kappa shape index (κ2) is 9.42. The summed E-state index contributed by atoms with van der Waals surface area (Å²) in [6.45, 7) is 3.04. The number of hydrogen-bond donors (Lipinski definition) is 2. The molecule has 0 bridgehead atoms. The number of rotatable bonds is 5. The maximum absolute atomic E-state index is 12.7. The van der Waals surface area contributed by atoms with Crippen LogP contribution in [0.5, 0.6) is 0 Å². The second-order valence-corrected chi connectivity index (χ2v) is 10.2. The van der Waals surface area contributed by atoms with Crippen LogP contribution in [0.15, 0.2) is 29.3 Å². The Morgan fingerprint density at radius 2 is 1.90 bits per heavy atom. The fourth-order valence-electron chi connectivity index (χ4n) is 4.83. The summed E-state index contributed by atoms with van der Waals surface area (Å²) >= 11 is 0. The van der Waals surface area contributed by atoms with Crippen LogP contribution >= 0.6 is 24.0 Å². The fraction of sp³-hybridized carbons (Fsp3) is 0.650. The fourth-order valence-corrected chi connectivity index (χ4v) is 5.81. The van der Waals surface area contributed by atoms with E-state index in [9.17, 15) is 21.6 Å². The molecule has 2 fully saturated rings. The number of hydrogen-bond acceptors (Lipinski definition) is 3. The molecule has 31 heavy (non-hydrogen) atoms. The van der Waals surface area contributed by atoms with Crippen molar-refractivity contribution in [3.8, 4) is 0 Å². The Morgan fingerprint density at radius 3 is 2.55 bits per heavy atom. The third kappa shape index (κ3) is 4.97. The zero-order valence-corrected chi connectivity index (χ0v) is 20.4. The Balaban J connectivity index is 0.00000272.